The monoisotopic (exact) mass is 459 g/mol. The van der Waals surface area contributed by atoms with Crippen molar-refractivity contribution in [2.75, 3.05) is 13.7 Å². The van der Waals surface area contributed by atoms with Gasteiger partial charge in [0.15, 0.2) is 0 Å². The molecule has 1 aliphatic carbocycles. The molecular formula is C26H25N3O5. The van der Waals surface area contributed by atoms with Crippen molar-refractivity contribution in [2.24, 2.45) is 0 Å². The lowest BCUT2D eigenvalue weighted by Crippen LogP contribution is -2.49. The quantitative estimate of drug-likeness (QED) is 0.486. The van der Waals surface area contributed by atoms with Crippen LogP contribution in [-0.4, -0.2) is 41.9 Å². The van der Waals surface area contributed by atoms with Crippen molar-refractivity contribution in [2.45, 2.75) is 18.9 Å². The molecule has 0 aliphatic heterocycles. The molecule has 0 saturated carbocycles. The zero-order valence-electron chi connectivity index (χ0n) is 18.8. The molecule has 1 atom stereocenters. The molecular weight excluding hydrogens is 434 g/mol. The minimum Gasteiger partial charge on any atom is -0.478 e. The van der Waals surface area contributed by atoms with E-state index < -0.39 is 24.1 Å². The highest BCUT2D eigenvalue weighted by Crippen LogP contribution is 2.44. The van der Waals surface area contributed by atoms with Gasteiger partial charge in [-0.3, -0.25) is 0 Å². The molecule has 1 aliphatic rings. The standard InChI is InChI=1S/C26H25N3O5/c1-16(17-11-13-18(14-12-17)24(30)31)27-25(32)29(2)28-26(33)34-15-23-21-9-5-3-7-19(21)20-8-4-6-10-22(20)23/h3-14,16,23H,15H2,1-2H3,(H,27,32)(H,28,33)(H,30,31)/t16-/m1/s1. The highest BCUT2D eigenvalue weighted by molar-refractivity contribution is 5.87. The van der Waals surface area contributed by atoms with Crippen LogP contribution < -0.4 is 10.7 Å². The molecule has 4 rings (SSSR count). The van der Waals surface area contributed by atoms with Crippen LogP contribution in [-0.2, 0) is 4.74 Å². The van der Waals surface area contributed by atoms with Crippen molar-refractivity contribution in [1.82, 2.24) is 15.8 Å². The summed E-state index contributed by atoms with van der Waals surface area (Å²) in [5.41, 5.74) is 7.78. The van der Waals surface area contributed by atoms with Gasteiger partial charge in [-0.15, -0.1) is 0 Å². The minimum atomic E-state index is -1.02. The topological polar surface area (TPSA) is 108 Å². The summed E-state index contributed by atoms with van der Waals surface area (Å²) < 4.78 is 5.46. The van der Waals surface area contributed by atoms with E-state index in [0.29, 0.717) is 0 Å². The van der Waals surface area contributed by atoms with Gasteiger partial charge in [-0.2, -0.15) is 0 Å². The van der Waals surface area contributed by atoms with Gasteiger partial charge in [0.2, 0.25) is 0 Å². The first kappa shape index (κ1) is 22.8. The van der Waals surface area contributed by atoms with Crippen LogP contribution in [0, 0.1) is 0 Å². The molecule has 8 heteroatoms. The molecule has 0 saturated heterocycles. The van der Waals surface area contributed by atoms with Crippen molar-refractivity contribution in [3.63, 3.8) is 0 Å². The molecule has 0 aromatic heterocycles. The Kier molecular flexibility index (Phi) is 6.49. The van der Waals surface area contributed by atoms with Crippen LogP contribution in [0.3, 0.4) is 0 Å². The van der Waals surface area contributed by atoms with E-state index in [4.69, 9.17) is 9.84 Å². The molecule has 0 radical (unpaired) electrons. The van der Waals surface area contributed by atoms with Gasteiger partial charge in [-0.05, 0) is 46.9 Å². The minimum absolute atomic E-state index is 0.0777. The number of nitrogens with one attached hydrogen (secondary N) is 2. The zero-order valence-corrected chi connectivity index (χ0v) is 18.8. The van der Waals surface area contributed by atoms with E-state index in [2.05, 4.69) is 22.9 Å². The van der Waals surface area contributed by atoms with Crippen LogP contribution in [0.4, 0.5) is 9.59 Å². The molecule has 0 fully saturated rings. The zero-order chi connectivity index (χ0) is 24.2. The van der Waals surface area contributed by atoms with Crippen molar-refractivity contribution in [3.8, 4) is 11.1 Å². The first-order valence-corrected chi connectivity index (χ1v) is 10.8. The molecule has 0 bridgehead atoms. The molecule has 3 amide bonds. The number of nitrogens with zero attached hydrogens (tertiary/aromatic N) is 1. The van der Waals surface area contributed by atoms with Gasteiger partial charge in [0.1, 0.15) is 6.61 Å². The van der Waals surface area contributed by atoms with E-state index in [-0.39, 0.29) is 18.1 Å². The van der Waals surface area contributed by atoms with E-state index in [1.54, 1.807) is 19.1 Å². The second-order valence-electron chi connectivity index (χ2n) is 8.09. The first-order valence-electron chi connectivity index (χ1n) is 10.8. The van der Waals surface area contributed by atoms with Crippen LogP contribution in [0.5, 0.6) is 0 Å². The molecule has 3 aromatic carbocycles. The van der Waals surface area contributed by atoms with E-state index in [1.165, 1.54) is 19.2 Å². The normalized spacial score (nSPS) is 12.8. The number of hydrogen-bond donors (Lipinski definition) is 3. The lowest BCUT2D eigenvalue weighted by molar-refractivity contribution is 0.0696. The number of carboxylic acids is 1. The molecule has 3 aromatic rings. The van der Waals surface area contributed by atoms with Crippen molar-refractivity contribution < 1.29 is 24.2 Å². The Labute approximate surface area is 197 Å². The predicted molar refractivity (Wildman–Crippen MR) is 126 cm³/mol. The van der Waals surface area contributed by atoms with E-state index in [1.807, 2.05) is 36.4 Å². The maximum absolute atomic E-state index is 12.5. The molecule has 174 valence electrons. The Bertz CT molecular complexity index is 1180. The van der Waals surface area contributed by atoms with Gasteiger partial charge >= 0.3 is 18.1 Å². The molecule has 0 heterocycles. The number of rotatable bonds is 5. The first-order chi connectivity index (χ1) is 16.3. The lowest BCUT2D eigenvalue weighted by atomic mass is 9.98. The highest BCUT2D eigenvalue weighted by Gasteiger charge is 2.29. The second-order valence-corrected chi connectivity index (χ2v) is 8.09. The molecule has 8 nitrogen and oxygen atoms in total. The Morgan fingerprint density at radius 1 is 0.941 bits per heavy atom. The summed E-state index contributed by atoms with van der Waals surface area (Å²) in [7, 11) is 1.41. The van der Waals surface area contributed by atoms with Crippen LogP contribution >= 0.6 is 0 Å². The maximum atomic E-state index is 12.5. The van der Waals surface area contributed by atoms with Gasteiger partial charge < -0.3 is 15.2 Å². The fourth-order valence-electron chi connectivity index (χ4n) is 4.10. The van der Waals surface area contributed by atoms with Crippen LogP contribution in [0.15, 0.2) is 72.8 Å². The summed E-state index contributed by atoms with van der Waals surface area (Å²) in [4.78, 5) is 35.8. The summed E-state index contributed by atoms with van der Waals surface area (Å²) in [6.07, 6.45) is -0.738. The molecule has 34 heavy (non-hydrogen) atoms. The molecule has 0 spiro atoms. The third-order valence-corrected chi connectivity index (χ3v) is 5.90. The van der Waals surface area contributed by atoms with Crippen LogP contribution in [0.25, 0.3) is 11.1 Å². The van der Waals surface area contributed by atoms with Gasteiger partial charge in [0, 0.05) is 13.0 Å². The number of urea groups is 1. The van der Waals surface area contributed by atoms with Gasteiger partial charge in [0.25, 0.3) is 0 Å². The number of fused-ring (bicyclic) bond motifs is 3. The Morgan fingerprint density at radius 2 is 1.50 bits per heavy atom. The lowest BCUT2D eigenvalue weighted by Gasteiger charge is -2.22. The summed E-state index contributed by atoms with van der Waals surface area (Å²) in [5, 5.41) is 12.8. The van der Waals surface area contributed by atoms with Crippen LogP contribution in [0.2, 0.25) is 0 Å². The Balaban J connectivity index is 1.32. The van der Waals surface area contributed by atoms with Crippen molar-refractivity contribution in [3.05, 3.63) is 95.1 Å². The Morgan fingerprint density at radius 3 is 2.06 bits per heavy atom. The van der Waals surface area contributed by atoms with E-state index in [9.17, 15) is 14.4 Å². The largest absolute Gasteiger partial charge is 0.478 e. The average molecular weight is 460 g/mol. The highest BCUT2D eigenvalue weighted by atomic mass is 16.6. The third-order valence-electron chi connectivity index (χ3n) is 5.90. The summed E-state index contributed by atoms with van der Waals surface area (Å²) in [5.74, 6) is -1.10. The second kappa shape index (κ2) is 9.66. The summed E-state index contributed by atoms with van der Waals surface area (Å²) >= 11 is 0. The third kappa shape index (κ3) is 4.71. The number of amides is 3. The summed E-state index contributed by atoms with van der Waals surface area (Å²) in [6.45, 7) is 1.90. The van der Waals surface area contributed by atoms with Crippen LogP contribution in [0.1, 0.15) is 45.9 Å². The fourth-order valence-corrected chi connectivity index (χ4v) is 4.10. The number of carbonyl (C=O) groups excluding carboxylic acids is 2. The summed E-state index contributed by atoms with van der Waals surface area (Å²) in [6, 6.07) is 21.4. The van der Waals surface area contributed by atoms with E-state index >= 15 is 0 Å². The SMILES string of the molecule is C[C@@H](NC(=O)N(C)NC(=O)OCC1c2ccccc2-c2ccccc21)c1ccc(C(=O)O)cc1. The molecule has 0 unspecified atom stereocenters. The number of carboxylic acid groups (broad SMARTS) is 1. The maximum Gasteiger partial charge on any atom is 0.426 e. The number of benzene rings is 3. The predicted octanol–water partition coefficient (Wildman–Crippen LogP) is 4.54. The van der Waals surface area contributed by atoms with Gasteiger partial charge in [-0.25, -0.2) is 24.8 Å². The van der Waals surface area contributed by atoms with Crippen molar-refractivity contribution in [1.29, 1.82) is 0 Å². The van der Waals surface area contributed by atoms with Gasteiger partial charge in [0.05, 0.1) is 11.6 Å². The van der Waals surface area contributed by atoms with E-state index in [0.717, 1.165) is 32.8 Å². The van der Waals surface area contributed by atoms with Crippen molar-refractivity contribution >= 4 is 18.1 Å². The molecule has 3 N–H and O–H groups in total. The fraction of sp³-hybridized carbons (Fsp3) is 0.192. The number of ether oxygens (including phenoxy) is 1. The number of carbonyl (C=O) groups is 3. The number of aromatic carboxylic acids is 1. The number of hydrogen-bond acceptors (Lipinski definition) is 4. The number of hydrazine groups is 1. The average Bonchev–Trinajstić information content (AvgIpc) is 3.16. The smallest absolute Gasteiger partial charge is 0.426 e. The Hall–Kier alpha value is -4.33. The van der Waals surface area contributed by atoms with Gasteiger partial charge in [-0.1, -0.05) is 60.7 Å².